The molecule has 1 heterocycles. The molecule has 0 saturated carbocycles. The Kier molecular flexibility index (Phi) is 5.26. The van der Waals surface area contributed by atoms with Crippen molar-refractivity contribution < 1.29 is 19.1 Å². The van der Waals surface area contributed by atoms with Gasteiger partial charge in [0.25, 0.3) is 5.69 Å². The maximum absolute atomic E-state index is 10.7. The Morgan fingerprint density at radius 3 is 2.77 bits per heavy atom. The Labute approximate surface area is 127 Å². The van der Waals surface area contributed by atoms with Crippen LogP contribution in [0.3, 0.4) is 0 Å². The molecule has 0 aliphatic rings. The normalized spacial score (nSPS) is 10.3. The Hall–Kier alpha value is -2.67. The Morgan fingerprint density at radius 2 is 2.09 bits per heavy atom. The van der Waals surface area contributed by atoms with Crippen LogP contribution in [0.4, 0.5) is 5.69 Å². The standard InChI is InChI=1S/C15H15N2O5/c1-11-8-12(17(18)19)10-16-15(11)22-14-5-3-4-13(9-14)21-7-6-20-2/h3-5,8,10H,6-7H2,1-2H3. The van der Waals surface area contributed by atoms with E-state index in [1.807, 2.05) is 0 Å². The van der Waals surface area contributed by atoms with E-state index < -0.39 is 4.92 Å². The van der Waals surface area contributed by atoms with Gasteiger partial charge in [0.2, 0.25) is 5.88 Å². The fourth-order valence-electron chi connectivity index (χ4n) is 1.66. The fraction of sp³-hybridized carbons (Fsp3) is 0.267. The minimum atomic E-state index is -0.500. The molecule has 1 aromatic heterocycles. The van der Waals surface area contributed by atoms with Gasteiger partial charge in [0.05, 0.1) is 17.6 Å². The van der Waals surface area contributed by atoms with Crippen molar-refractivity contribution in [2.75, 3.05) is 20.3 Å². The average Bonchev–Trinajstić information content (AvgIpc) is 2.50. The van der Waals surface area contributed by atoms with Gasteiger partial charge in [-0.15, -0.1) is 0 Å². The van der Waals surface area contributed by atoms with E-state index in [2.05, 4.69) is 11.1 Å². The maximum atomic E-state index is 10.7. The molecule has 0 fully saturated rings. The second kappa shape index (κ2) is 7.37. The van der Waals surface area contributed by atoms with E-state index in [0.29, 0.717) is 30.3 Å². The van der Waals surface area contributed by atoms with Gasteiger partial charge < -0.3 is 14.2 Å². The number of nitro groups is 1. The summed E-state index contributed by atoms with van der Waals surface area (Å²) in [5.41, 5.74) is 0.485. The topological polar surface area (TPSA) is 83.7 Å². The van der Waals surface area contributed by atoms with Crippen LogP contribution in [-0.4, -0.2) is 30.2 Å². The molecular formula is C15H15N2O5. The molecule has 2 rings (SSSR count). The monoisotopic (exact) mass is 303 g/mol. The number of hydrogen-bond acceptors (Lipinski definition) is 6. The van der Waals surface area contributed by atoms with E-state index in [4.69, 9.17) is 14.2 Å². The van der Waals surface area contributed by atoms with Crippen molar-refractivity contribution in [2.24, 2.45) is 0 Å². The molecule has 0 bridgehead atoms. The predicted molar refractivity (Wildman–Crippen MR) is 78.4 cm³/mol. The molecule has 7 nitrogen and oxygen atoms in total. The molecule has 0 saturated heterocycles. The second-order valence-corrected chi connectivity index (χ2v) is 4.40. The summed E-state index contributed by atoms with van der Waals surface area (Å²) in [4.78, 5) is 14.1. The fourth-order valence-corrected chi connectivity index (χ4v) is 1.66. The Balaban J connectivity index is 2.10. The summed E-state index contributed by atoms with van der Waals surface area (Å²) in [6, 6.07) is 9.55. The summed E-state index contributed by atoms with van der Waals surface area (Å²) >= 11 is 0. The highest BCUT2D eigenvalue weighted by atomic mass is 16.6. The van der Waals surface area contributed by atoms with Crippen LogP contribution >= 0.6 is 0 Å². The van der Waals surface area contributed by atoms with E-state index in [0.717, 1.165) is 6.20 Å². The second-order valence-electron chi connectivity index (χ2n) is 4.40. The summed E-state index contributed by atoms with van der Waals surface area (Å²) in [6.45, 7) is 2.57. The van der Waals surface area contributed by atoms with Crippen molar-refractivity contribution in [1.29, 1.82) is 0 Å². The summed E-state index contributed by atoms with van der Waals surface area (Å²) in [5, 5.41) is 10.7. The zero-order valence-electron chi connectivity index (χ0n) is 12.2. The minimum absolute atomic E-state index is 0.0783. The molecule has 0 unspecified atom stereocenters. The van der Waals surface area contributed by atoms with Gasteiger partial charge in [-0.1, -0.05) is 6.07 Å². The molecule has 0 atom stereocenters. The first-order valence-corrected chi connectivity index (χ1v) is 6.53. The SMILES string of the molecule is COCCOc1[c]c(Oc2ncc([N+](=O)[O-])cc2C)ccc1. The lowest BCUT2D eigenvalue weighted by Gasteiger charge is -2.09. The number of rotatable bonds is 7. The molecule has 0 aliphatic heterocycles. The molecule has 22 heavy (non-hydrogen) atoms. The van der Waals surface area contributed by atoms with Crippen LogP contribution < -0.4 is 9.47 Å². The smallest absolute Gasteiger partial charge is 0.288 e. The molecule has 0 aliphatic carbocycles. The summed E-state index contributed by atoms with van der Waals surface area (Å²) in [6.07, 6.45) is 1.15. The molecular weight excluding hydrogens is 288 g/mol. The van der Waals surface area contributed by atoms with Crippen molar-refractivity contribution in [2.45, 2.75) is 6.92 Å². The first-order valence-electron chi connectivity index (χ1n) is 6.53. The number of pyridine rings is 1. The number of aromatic nitrogens is 1. The summed E-state index contributed by atoms with van der Waals surface area (Å²) < 4.78 is 15.9. The lowest BCUT2D eigenvalue weighted by atomic mass is 10.3. The highest BCUT2D eigenvalue weighted by Gasteiger charge is 2.11. The van der Waals surface area contributed by atoms with Gasteiger partial charge in [0.15, 0.2) is 0 Å². The number of hydrogen-bond donors (Lipinski definition) is 0. The van der Waals surface area contributed by atoms with Crippen LogP contribution in [0.1, 0.15) is 5.56 Å². The molecule has 1 radical (unpaired) electrons. The predicted octanol–water partition coefficient (Wildman–Crippen LogP) is 2.92. The van der Waals surface area contributed by atoms with E-state index in [9.17, 15) is 10.1 Å². The lowest BCUT2D eigenvalue weighted by molar-refractivity contribution is -0.385. The number of nitrogens with zero attached hydrogens (tertiary/aromatic N) is 2. The average molecular weight is 303 g/mol. The molecule has 0 spiro atoms. The van der Waals surface area contributed by atoms with Crippen molar-refractivity contribution >= 4 is 5.69 Å². The van der Waals surface area contributed by atoms with Crippen LogP contribution in [0, 0.1) is 23.1 Å². The van der Waals surface area contributed by atoms with Crippen molar-refractivity contribution in [3.05, 3.63) is 52.2 Å². The van der Waals surface area contributed by atoms with E-state index in [1.54, 1.807) is 32.2 Å². The Morgan fingerprint density at radius 1 is 1.32 bits per heavy atom. The molecule has 1 aromatic carbocycles. The van der Waals surface area contributed by atoms with Gasteiger partial charge in [0, 0.05) is 18.7 Å². The molecule has 2 aromatic rings. The number of ether oxygens (including phenoxy) is 3. The molecule has 0 amide bonds. The van der Waals surface area contributed by atoms with Crippen LogP contribution in [0.25, 0.3) is 0 Å². The summed E-state index contributed by atoms with van der Waals surface area (Å²) in [7, 11) is 1.59. The summed E-state index contributed by atoms with van der Waals surface area (Å²) in [5.74, 6) is 1.23. The zero-order chi connectivity index (χ0) is 15.9. The van der Waals surface area contributed by atoms with Crippen molar-refractivity contribution in [3.63, 3.8) is 0 Å². The Bertz CT molecular complexity index is 660. The third kappa shape index (κ3) is 4.16. The third-order valence-electron chi connectivity index (χ3n) is 2.72. The maximum Gasteiger partial charge on any atom is 0.288 e. The van der Waals surface area contributed by atoms with Gasteiger partial charge >= 0.3 is 0 Å². The number of methoxy groups -OCH3 is 1. The third-order valence-corrected chi connectivity index (χ3v) is 2.72. The van der Waals surface area contributed by atoms with Crippen LogP contribution in [0.5, 0.6) is 17.4 Å². The van der Waals surface area contributed by atoms with Gasteiger partial charge in [-0.05, 0) is 19.1 Å². The number of benzene rings is 1. The van der Waals surface area contributed by atoms with Crippen molar-refractivity contribution in [3.8, 4) is 17.4 Å². The van der Waals surface area contributed by atoms with Gasteiger partial charge in [-0.2, -0.15) is 0 Å². The van der Waals surface area contributed by atoms with Crippen molar-refractivity contribution in [1.82, 2.24) is 4.98 Å². The van der Waals surface area contributed by atoms with E-state index in [1.165, 1.54) is 6.07 Å². The lowest BCUT2D eigenvalue weighted by Crippen LogP contribution is -2.04. The largest absolute Gasteiger partial charge is 0.490 e. The highest BCUT2D eigenvalue weighted by Crippen LogP contribution is 2.27. The van der Waals surface area contributed by atoms with Crippen LogP contribution in [-0.2, 0) is 4.74 Å². The molecule has 7 heteroatoms. The minimum Gasteiger partial charge on any atom is -0.490 e. The number of aryl methyl sites for hydroxylation is 1. The van der Waals surface area contributed by atoms with E-state index >= 15 is 0 Å². The first kappa shape index (κ1) is 15.7. The van der Waals surface area contributed by atoms with Gasteiger partial charge in [0.1, 0.15) is 24.3 Å². The van der Waals surface area contributed by atoms with Gasteiger partial charge in [-0.25, -0.2) is 4.98 Å². The zero-order valence-corrected chi connectivity index (χ0v) is 12.2. The van der Waals surface area contributed by atoms with Crippen LogP contribution in [0.15, 0.2) is 30.5 Å². The highest BCUT2D eigenvalue weighted by molar-refractivity contribution is 5.40. The quantitative estimate of drug-likeness (QED) is 0.444. The molecule has 115 valence electrons. The first-order chi connectivity index (χ1) is 10.6. The molecule has 0 N–H and O–H groups in total. The van der Waals surface area contributed by atoms with Crippen LogP contribution in [0.2, 0.25) is 0 Å². The van der Waals surface area contributed by atoms with E-state index in [-0.39, 0.29) is 11.6 Å². The van der Waals surface area contributed by atoms with Gasteiger partial charge in [-0.3, -0.25) is 10.1 Å².